The molecule has 0 amide bonds. The number of para-hydroxylation sites is 1. The van der Waals surface area contributed by atoms with E-state index in [2.05, 4.69) is 19.9 Å². The first kappa shape index (κ1) is 24.9. The molecule has 35 heavy (non-hydrogen) atoms. The van der Waals surface area contributed by atoms with Crippen molar-refractivity contribution in [2.24, 2.45) is 5.16 Å². The van der Waals surface area contributed by atoms with Crippen molar-refractivity contribution in [3.8, 4) is 16.9 Å². The van der Waals surface area contributed by atoms with Gasteiger partial charge in [0.05, 0.1) is 26.2 Å². The Hall–Kier alpha value is -3.21. The first-order valence-corrected chi connectivity index (χ1v) is 12.5. The Balaban J connectivity index is 1.80. The molecule has 4 rings (SSSR count). The molecular formula is C23H17Cl2F2N3O4S. The van der Waals surface area contributed by atoms with Gasteiger partial charge in [-0.1, -0.05) is 65.6 Å². The van der Waals surface area contributed by atoms with Gasteiger partial charge in [-0.15, -0.1) is 0 Å². The average molecular weight is 540 g/mol. The number of halogens is 4. The van der Waals surface area contributed by atoms with Gasteiger partial charge in [0.15, 0.2) is 21.4 Å². The molecule has 0 atom stereocenters. The molecule has 4 aromatic rings. The van der Waals surface area contributed by atoms with Gasteiger partial charge in [0.25, 0.3) is 0 Å². The third-order valence-corrected chi connectivity index (χ3v) is 7.65. The number of benzene rings is 3. The third-order valence-electron chi connectivity index (χ3n) is 5.23. The number of sulfone groups is 1. The summed E-state index contributed by atoms with van der Waals surface area (Å²) in [6.07, 6.45) is 0. The van der Waals surface area contributed by atoms with Crippen molar-refractivity contribution >= 4 is 49.8 Å². The minimum absolute atomic E-state index is 0.0248. The molecule has 1 aromatic heterocycles. The van der Waals surface area contributed by atoms with E-state index in [0.29, 0.717) is 11.1 Å². The van der Waals surface area contributed by atoms with Crippen LogP contribution in [0.3, 0.4) is 0 Å². The van der Waals surface area contributed by atoms with E-state index in [4.69, 9.17) is 23.2 Å². The highest BCUT2D eigenvalue weighted by Crippen LogP contribution is 2.43. The molecule has 0 saturated heterocycles. The molecule has 0 aliphatic heterocycles. The van der Waals surface area contributed by atoms with Crippen LogP contribution in [0.25, 0.3) is 22.2 Å². The Labute approximate surface area is 208 Å². The summed E-state index contributed by atoms with van der Waals surface area (Å²) in [6.45, 7) is -1.50. The number of hydrogen-bond donors (Lipinski definition) is 2. The van der Waals surface area contributed by atoms with Crippen molar-refractivity contribution in [3.63, 3.8) is 0 Å². The molecule has 0 saturated carbocycles. The van der Waals surface area contributed by atoms with E-state index in [1.165, 1.54) is 48.5 Å². The number of hydrogen-bond acceptors (Lipinski definition) is 6. The number of aromatic nitrogens is 2. The lowest BCUT2D eigenvalue weighted by atomic mass is 10.0. The largest absolute Gasteiger partial charge is 0.434 e. The Morgan fingerprint density at radius 2 is 1.86 bits per heavy atom. The zero-order valence-electron chi connectivity index (χ0n) is 18.0. The number of ether oxygens (including phenoxy) is 1. The van der Waals surface area contributed by atoms with E-state index in [0.717, 1.165) is 0 Å². The molecule has 0 fully saturated rings. The second-order valence-corrected chi connectivity index (χ2v) is 10.3. The topological polar surface area (TPSA) is 105 Å². The normalized spacial score (nSPS) is 12.5. The molecule has 0 bridgehead atoms. The van der Waals surface area contributed by atoms with Crippen molar-refractivity contribution in [1.29, 1.82) is 0 Å². The van der Waals surface area contributed by atoms with E-state index in [1.54, 1.807) is 13.0 Å². The smallest absolute Gasteiger partial charge is 0.387 e. The number of nitrogens with one attached hydrogen (secondary N) is 1. The van der Waals surface area contributed by atoms with Crippen molar-refractivity contribution in [2.75, 3.05) is 5.75 Å². The monoisotopic (exact) mass is 539 g/mol. The van der Waals surface area contributed by atoms with Gasteiger partial charge in [-0.25, -0.2) is 13.4 Å². The molecule has 0 aliphatic rings. The van der Waals surface area contributed by atoms with E-state index in [9.17, 15) is 22.4 Å². The van der Waals surface area contributed by atoms with Crippen LogP contribution in [0.15, 0.2) is 64.6 Å². The maximum atomic E-state index is 12.9. The van der Waals surface area contributed by atoms with Crippen LogP contribution in [0, 0.1) is 0 Å². The summed E-state index contributed by atoms with van der Waals surface area (Å²) >= 11 is 13.1. The van der Waals surface area contributed by atoms with Gasteiger partial charge in [0, 0.05) is 16.7 Å². The zero-order chi connectivity index (χ0) is 25.3. The van der Waals surface area contributed by atoms with Gasteiger partial charge in [-0.2, -0.15) is 8.78 Å². The van der Waals surface area contributed by atoms with Crippen molar-refractivity contribution < 1.29 is 27.1 Å². The van der Waals surface area contributed by atoms with Gasteiger partial charge < -0.3 is 14.9 Å². The Bertz CT molecular complexity index is 1540. The zero-order valence-corrected chi connectivity index (χ0v) is 20.3. The highest BCUT2D eigenvalue weighted by molar-refractivity contribution is 7.91. The fraction of sp³-hybridized carbons (Fsp3) is 0.130. The summed E-state index contributed by atoms with van der Waals surface area (Å²) in [5.74, 6) is -0.0359. The molecule has 12 heteroatoms. The van der Waals surface area contributed by atoms with Crippen LogP contribution >= 0.6 is 23.2 Å². The van der Waals surface area contributed by atoms with E-state index in [-0.39, 0.29) is 54.6 Å². The third kappa shape index (κ3) is 4.82. The van der Waals surface area contributed by atoms with Gasteiger partial charge in [-0.3, -0.25) is 0 Å². The lowest BCUT2D eigenvalue weighted by Crippen LogP contribution is -2.07. The standard InChI is InChI=1S/C23H17Cl2F2N3O4S/c1-2-35(32,33)13-9-7-12(8-10-13)20(30-31)22-28-16-11-15(24)18(19(25)21(16)29-22)14-5-3-4-6-17(14)34-23(26)27/h3-11,23,31H,2H2,1H3,(H,28,29)/b30-20+. The number of fused-ring (bicyclic) bond motifs is 1. The number of nitrogens with zero attached hydrogens (tertiary/aromatic N) is 2. The summed E-state index contributed by atoms with van der Waals surface area (Å²) in [6, 6.07) is 13.4. The van der Waals surface area contributed by atoms with Crippen LogP contribution in [0.4, 0.5) is 8.78 Å². The molecular weight excluding hydrogens is 523 g/mol. The van der Waals surface area contributed by atoms with Crippen LogP contribution in [0.2, 0.25) is 10.0 Å². The summed E-state index contributed by atoms with van der Waals surface area (Å²) in [7, 11) is -3.40. The quantitative estimate of drug-likeness (QED) is 0.166. The van der Waals surface area contributed by atoms with Crippen molar-refractivity contribution in [2.45, 2.75) is 18.4 Å². The summed E-state index contributed by atoms with van der Waals surface area (Å²) < 4.78 is 54.5. The van der Waals surface area contributed by atoms with Gasteiger partial charge in [0.1, 0.15) is 11.3 Å². The minimum atomic E-state index is -3.40. The number of alkyl halides is 2. The first-order chi connectivity index (χ1) is 16.7. The highest BCUT2D eigenvalue weighted by Gasteiger charge is 2.22. The maximum Gasteiger partial charge on any atom is 0.387 e. The predicted molar refractivity (Wildman–Crippen MR) is 130 cm³/mol. The number of H-pyrrole nitrogens is 1. The van der Waals surface area contributed by atoms with E-state index < -0.39 is 16.4 Å². The predicted octanol–water partition coefficient (Wildman–Crippen LogP) is 6.16. The maximum absolute atomic E-state index is 12.9. The molecule has 0 spiro atoms. The van der Waals surface area contributed by atoms with Gasteiger partial charge in [0.2, 0.25) is 0 Å². The Morgan fingerprint density at radius 3 is 2.49 bits per heavy atom. The molecule has 0 unspecified atom stereocenters. The Morgan fingerprint density at radius 1 is 1.17 bits per heavy atom. The lowest BCUT2D eigenvalue weighted by molar-refractivity contribution is -0.0494. The SMILES string of the molecule is CCS(=O)(=O)c1ccc(/C(=N\O)c2nc3c(Cl)c(-c4ccccc4OC(F)F)c(Cl)cc3[nH]2)cc1. The second-order valence-electron chi connectivity index (χ2n) is 7.28. The van der Waals surface area contributed by atoms with Gasteiger partial charge >= 0.3 is 6.61 Å². The molecule has 3 aromatic carbocycles. The average Bonchev–Trinajstić information content (AvgIpc) is 3.24. The minimum Gasteiger partial charge on any atom is -0.434 e. The van der Waals surface area contributed by atoms with Crippen LogP contribution < -0.4 is 4.74 Å². The number of rotatable bonds is 7. The summed E-state index contributed by atoms with van der Waals surface area (Å²) in [5, 5.41) is 13.2. The molecule has 7 nitrogen and oxygen atoms in total. The fourth-order valence-electron chi connectivity index (χ4n) is 3.54. The van der Waals surface area contributed by atoms with Crippen LogP contribution in [0.1, 0.15) is 18.3 Å². The van der Waals surface area contributed by atoms with Crippen LogP contribution in [-0.2, 0) is 9.84 Å². The first-order valence-electron chi connectivity index (χ1n) is 10.1. The number of imidazole rings is 1. The van der Waals surface area contributed by atoms with E-state index >= 15 is 0 Å². The van der Waals surface area contributed by atoms with Gasteiger partial charge in [-0.05, 0) is 24.3 Å². The molecule has 2 N–H and O–H groups in total. The van der Waals surface area contributed by atoms with Crippen molar-refractivity contribution in [1.82, 2.24) is 9.97 Å². The lowest BCUT2D eigenvalue weighted by Gasteiger charge is -2.13. The number of aromatic amines is 1. The molecule has 0 radical (unpaired) electrons. The highest BCUT2D eigenvalue weighted by atomic mass is 35.5. The second kappa shape index (κ2) is 9.80. The van der Waals surface area contributed by atoms with E-state index in [1.807, 2.05) is 0 Å². The molecule has 0 aliphatic carbocycles. The number of oxime groups is 1. The van der Waals surface area contributed by atoms with Crippen LogP contribution in [-0.4, -0.2) is 41.7 Å². The van der Waals surface area contributed by atoms with Crippen molar-refractivity contribution in [3.05, 3.63) is 76.0 Å². The van der Waals surface area contributed by atoms with Crippen LogP contribution in [0.5, 0.6) is 5.75 Å². The molecule has 1 heterocycles. The fourth-order valence-corrected chi connectivity index (χ4v) is 5.13. The summed E-state index contributed by atoms with van der Waals surface area (Å²) in [4.78, 5) is 7.52. The molecule has 182 valence electrons. The Kier molecular flexibility index (Phi) is 6.98. The summed E-state index contributed by atoms with van der Waals surface area (Å²) in [5.41, 5.74) is 1.55.